The maximum Gasteiger partial charge on any atom is 0.270 e. The summed E-state index contributed by atoms with van der Waals surface area (Å²) in [7, 11) is 0. The van der Waals surface area contributed by atoms with Crippen molar-refractivity contribution in [3.8, 4) is 0 Å². The Kier molecular flexibility index (Phi) is 3.88. The summed E-state index contributed by atoms with van der Waals surface area (Å²) in [5.74, 6) is -0.159. The van der Waals surface area contributed by atoms with Crippen LogP contribution in [-0.4, -0.2) is 10.9 Å². The molecule has 0 saturated heterocycles. The van der Waals surface area contributed by atoms with Gasteiger partial charge in [0.1, 0.15) is 5.69 Å². The van der Waals surface area contributed by atoms with E-state index >= 15 is 0 Å². The second-order valence-electron chi connectivity index (χ2n) is 3.52. The third-order valence-corrected chi connectivity index (χ3v) is 2.79. The van der Waals surface area contributed by atoms with Gasteiger partial charge in [0, 0.05) is 17.2 Å². The van der Waals surface area contributed by atoms with Crippen molar-refractivity contribution < 1.29 is 4.79 Å². The third kappa shape index (κ3) is 3.39. The van der Waals surface area contributed by atoms with Gasteiger partial charge in [0.25, 0.3) is 5.91 Å². The van der Waals surface area contributed by atoms with Crippen LogP contribution in [0.3, 0.4) is 0 Å². The maximum atomic E-state index is 11.7. The molecule has 0 fully saturated rings. The van der Waals surface area contributed by atoms with Crippen LogP contribution in [0.4, 0.5) is 0 Å². The van der Waals surface area contributed by atoms with Gasteiger partial charge in [-0.2, -0.15) is 0 Å². The van der Waals surface area contributed by atoms with Gasteiger partial charge in [-0.25, -0.2) is 0 Å². The minimum atomic E-state index is -0.159. The van der Waals surface area contributed by atoms with Crippen LogP contribution in [0.15, 0.2) is 53.1 Å². The highest BCUT2D eigenvalue weighted by Crippen LogP contribution is 2.10. The summed E-state index contributed by atoms with van der Waals surface area (Å²) in [5, 5.41) is 2.82. The van der Waals surface area contributed by atoms with Crippen molar-refractivity contribution in [3.05, 3.63) is 64.4 Å². The van der Waals surface area contributed by atoms with Gasteiger partial charge in [0.05, 0.1) is 0 Å². The normalized spacial score (nSPS) is 9.94. The molecule has 0 radical (unpaired) electrons. The number of benzene rings is 1. The van der Waals surface area contributed by atoms with E-state index in [1.165, 1.54) is 0 Å². The highest BCUT2D eigenvalue weighted by Gasteiger charge is 2.04. The zero-order valence-corrected chi connectivity index (χ0v) is 10.6. The molecule has 2 aromatic rings. The number of nitrogens with zero attached hydrogens (tertiary/aromatic N) is 1. The number of halogens is 1. The molecule has 0 aliphatic carbocycles. The summed E-state index contributed by atoms with van der Waals surface area (Å²) < 4.78 is 1.03. The zero-order valence-electron chi connectivity index (χ0n) is 9.06. The van der Waals surface area contributed by atoms with E-state index in [-0.39, 0.29) is 5.91 Å². The van der Waals surface area contributed by atoms with Crippen LogP contribution in [-0.2, 0) is 6.54 Å². The van der Waals surface area contributed by atoms with Gasteiger partial charge in [0.15, 0.2) is 0 Å². The molecular formula is C13H11BrN2O. The first-order valence-corrected chi connectivity index (χ1v) is 5.99. The molecule has 1 heterocycles. The Labute approximate surface area is 108 Å². The predicted octanol–water partition coefficient (Wildman–Crippen LogP) is 2.77. The number of pyridine rings is 1. The lowest BCUT2D eigenvalue weighted by Crippen LogP contribution is -2.23. The first-order chi connectivity index (χ1) is 8.25. The van der Waals surface area contributed by atoms with Crippen molar-refractivity contribution in [2.75, 3.05) is 0 Å². The van der Waals surface area contributed by atoms with Crippen LogP contribution >= 0.6 is 15.9 Å². The molecule has 0 unspecified atom stereocenters. The number of carbonyl (C=O) groups excluding carboxylic acids is 1. The number of hydrogen-bond acceptors (Lipinski definition) is 2. The van der Waals surface area contributed by atoms with Gasteiger partial charge in [-0.3, -0.25) is 9.78 Å². The SMILES string of the molecule is O=C(NCc1ccc(Br)cc1)c1ccccn1. The predicted molar refractivity (Wildman–Crippen MR) is 69.5 cm³/mol. The Bertz CT molecular complexity index is 497. The molecule has 17 heavy (non-hydrogen) atoms. The number of amides is 1. The van der Waals surface area contributed by atoms with Crippen LogP contribution < -0.4 is 5.32 Å². The maximum absolute atomic E-state index is 11.7. The lowest BCUT2D eigenvalue weighted by molar-refractivity contribution is 0.0946. The monoisotopic (exact) mass is 290 g/mol. The number of carbonyl (C=O) groups is 1. The van der Waals surface area contributed by atoms with Gasteiger partial charge in [-0.15, -0.1) is 0 Å². The van der Waals surface area contributed by atoms with Crippen molar-refractivity contribution in [1.82, 2.24) is 10.3 Å². The van der Waals surface area contributed by atoms with Gasteiger partial charge < -0.3 is 5.32 Å². The van der Waals surface area contributed by atoms with E-state index in [2.05, 4.69) is 26.2 Å². The first kappa shape index (κ1) is 11.8. The molecule has 1 aromatic carbocycles. The summed E-state index contributed by atoms with van der Waals surface area (Å²) in [5.41, 5.74) is 1.49. The molecule has 86 valence electrons. The standard InChI is InChI=1S/C13H11BrN2O/c14-11-6-4-10(5-7-11)9-16-13(17)12-3-1-2-8-15-12/h1-8H,9H2,(H,16,17). The summed E-state index contributed by atoms with van der Waals surface area (Å²) in [6.45, 7) is 0.503. The molecule has 0 atom stereocenters. The molecule has 0 aliphatic rings. The van der Waals surface area contributed by atoms with Crippen molar-refractivity contribution in [1.29, 1.82) is 0 Å². The fourth-order valence-corrected chi connectivity index (χ4v) is 1.64. The quantitative estimate of drug-likeness (QED) is 0.944. The van der Waals surface area contributed by atoms with Crippen LogP contribution in [0.25, 0.3) is 0 Å². The molecule has 0 spiro atoms. The third-order valence-electron chi connectivity index (χ3n) is 2.26. The Balaban J connectivity index is 1.95. The Hall–Kier alpha value is -1.68. The molecule has 1 aromatic heterocycles. The van der Waals surface area contributed by atoms with E-state index in [1.54, 1.807) is 24.4 Å². The number of aromatic nitrogens is 1. The summed E-state index contributed by atoms with van der Waals surface area (Å²) >= 11 is 3.36. The summed E-state index contributed by atoms with van der Waals surface area (Å²) in [6, 6.07) is 13.1. The van der Waals surface area contributed by atoms with Crippen LogP contribution in [0.1, 0.15) is 16.1 Å². The summed E-state index contributed by atoms with van der Waals surface area (Å²) in [4.78, 5) is 15.7. The van der Waals surface area contributed by atoms with Gasteiger partial charge in [-0.05, 0) is 29.8 Å². The summed E-state index contributed by atoms with van der Waals surface area (Å²) in [6.07, 6.45) is 1.61. The molecule has 0 saturated carbocycles. The second-order valence-corrected chi connectivity index (χ2v) is 4.44. The number of hydrogen-bond donors (Lipinski definition) is 1. The van der Waals surface area contributed by atoms with Crippen molar-refractivity contribution in [3.63, 3.8) is 0 Å². The van der Waals surface area contributed by atoms with Crippen LogP contribution in [0.5, 0.6) is 0 Å². The van der Waals surface area contributed by atoms with Gasteiger partial charge >= 0.3 is 0 Å². The van der Waals surface area contributed by atoms with Crippen molar-refractivity contribution >= 4 is 21.8 Å². The highest BCUT2D eigenvalue weighted by molar-refractivity contribution is 9.10. The Morgan fingerprint density at radius 2 is 1.94 bits per heavy atom. The molecule has 0 aliphatic heterocycles. The van der Waals surface area contributed by atoms with Crippen LogP contribution in [0.2, 0.25) is 0 Å². The topological polar surface area (TPSA) is 42.0 Å². The fourth-order valence-electron chi connectivity index (χ4n) is 1.37. The lowest BCUT2D eigenvalue weighted by Gasteiger charge is -2.04. The first-order valence-electron chi connectivity index (χ1n) is 5.19. The van der Waals surface area contributed by atoms with E-state index in [0.717, 1.165) is 10.0 Å². The molecule has 1 N–H and O–H groups in total. The molecule has 1 amide bonds. The zero-order chi connectivity index (χ0) is 12.1. The minimum Gasteiger partial charge on any atom is -0.347 e. The minimum absolute atomic E-state index is 0.159. The highest BCUT2D eigenvalue weighted by atomic mass is 79.9. The largest absolute Gasteiger partial charge is 0.347 e. The van der Waals surface area contributed by atoms with Gasteiger partial charge in [-0.1, -0.05) is 34.1 Å². The van der Waals surface area contributed by atoms with E-state index in [1.807, 2.05) is 24.3 Å². The van der Waals surface area contributed by atoms with Gasteiger partial charge in [0.2, 0.25) is 0 Å². The fraction of sp³-hybridized carbons (Fsp3) is 0.0769. The van der Waals surface area contributed by atoms with Crippen molar-refractivity contribution in [2.24, 2.45) is 0 Å². The Morgan fingerprint density at radius 3 is 2.59 bits per heavy atom. The molecule has 0 bridgehead atoms. The van der Waals surface area contributed by atoms with E-state index < -0.39 is 0 Å². The van der Waals surface area contributed by atoms with E-state index in [4.69, 9.17) is 0 Å². The average Bonchev–Trinajstić information content (AvgIpc) is 2.39. The molecule has 4 heteroatoms. The average molecular weight is 291 g/mol. The smallest absolute Gasteiger partial charge is 0.270 e. The van der Waals surface area contributed by atoms with E-state index in [9.17, 15) is 4.79 Å². The van der Waals surface area contributed by atoms with E-state index in [0.29, 0.717) is 12.2 Å². The number of rotatable bonds is 3. The molecular weight excluding hydrogens is 280 g/mol. The number of nitrogens with one attached hydrogen (secondary N) is 1. The second kappa shape index (κ2) is 5.59. The Morgan fingerprint density at radius 1 is 1.18 bits per heavy atom. The lowest BCUT2D eigenvalue weighted by atomic mass is 10.2. The van der Waals surface area contributed by atoms with Crippen LogP contribution in [0, 0.1) is 0 Å². The molecule has 2 rings (SSSR count). The molecule has 3 nitrogen and oxygen atoms in total. The van der Waals surface area contributed by atoms with Crippen molar-refractivity contribution in [2.45, 2.75) is 6.54 Å².